The minimum atomic E-state index is -0.430. The number of pyridine rings is 1. The van der Waals surface area contributed by atoms with Crippen molar-refractivity contribution in [2.75, 3.05) is 24.6 Å². The molecular formula is C17H20ClFN2O2. The van der Waals surface area contributed by atoms with E-state index < -0.39 is 5.82 Å². The van der Waals surface area contributed by atoms with E-state index >= 15 is 0 Å². The van der Waals surface area contributed by atoms with Crippen LogP contribution in [0.25, 0.3) is 0 Å². The van der Waals surface area contributed by atoms with Crippen LogP contribution in [0.4, 0.5) is 10.2 Å². The van der Waals surface area contributed by atoms with Gasteiger partial charge in [-0.15, -0.1) is 0 Å². The molecule has 1 aromatic rings. The number of rotatable bonds is 3. The summed E-state index contributed by atoms with van der Waals surface area (Å²) in [6, 6.07) is 1.27. The number of carbonyl (C=O) groups excluding carboxylic acids is 1. The summed E-state index contributed by atoms with van der Waals surface area (Å²) in [6.07, 6.45) is 5.65. The third kappa shape index (κ3) is 3.07. The van der Waals surface area contributed by atoms with Gasteiger partial charge in [0.1, 0.15) is 0 Å². The number of nitrogens with zero attached hydrogens (tertiary/aromatic N) is 2. The first-order valence-corrected chi connectivity index (χ1v) is 8.30. The summed E-state index contributed by atoms with van der Waals surface area (Å²) in [5, 5.41) is 0.279. The Balaban J connectivity index is 1.84. The van der Waals surface area contributed by atoms with E-state index in [0.717, 1.165) is 0 Å². The molecule has 0 N–H and O–H groups in total. The average molecular weight is 339 g/mol. The standard InChI is InChI=1S/C17H20ClFN2O2/c1-3-23-17(22)15-10(2)4-5-11-8-21(9-13(11)15)16-14(19)6-12(18)7-20-16/h4-7,10-11,13,15H,3,8-9H2,1-2H3/t10-,11-,13-,15-/m0/s1. The van der Waals surface area contributed by atoms with Gasteiger partial charge in [-0.2, -0.15) is 0 Å². The Morgan fingerprint density at radius 1 is 1.48 bits per heavy atom. The van der Waals surface area contributed by atoms with Crippen molar-refractivity contribution in [1.29, 1.82) is 0 Å². The smallest absolute Gasteiger partial charge is 0.309 e. The third-order valence-corrected chi connectivity index (χ3v) is 4.96. The number of fused-ring (bicyclic) bond motifs is 1. The number of esters is 1. The number of anilines is 1. The molecule has 0 amide bonds. The fourth-order valence-corrected chi connectivity index (χ4v) is 3.85. The topological polar surface area (TPSA) is 42.4 Å². The first-order valence-electron chi connectivity index (χ1n) is 7.92. The molecule has 0 spiro atoms. The molecule has 1 aromatic heterocycles. The summed E-state index contributed by atoms with van der Waals surface area (Å²) in [7, 11) is 0. The van der Waals surface area contributed by atoms with Gasteiger partial charge in [0.25, 0.3) is 0 Å². The second-order valence-corrected chi connectivity index (χ2v) is 6.65. The summed E-state index contributed by atoms with van der Waals surface area (Å²) < 4.78 is 19.4. The third-order valence-electron chi connectivity index (χ3n) is 4.75. The summed E-state index contributed by atoms with van der Waals surface area (Å²) >= 11 is 5.77. The van der Waals surface area contributed by atoms with E-state index in [1.54, 1.807) is 0 Å². The molecule has 124 valence electrons. The lowest BCUT2D eigenvalue weighted by atomic mass is 9.72. The van der Waals surface area contributed by atoms with E-state index in [9.17, 15) is 9.18 Å². The van der Waals surface area contributed by atoms with Gasteiger partial charge in [-0.3, -0.25) is 4.79 Å². The molecule has 23 heavy (non-hydrogen) atoms. The van der Waals surface area contributed by atoms with E-state index in [0.29, 0.717) is 25.5 Å². The monoisotopic (exact) mass is 338 g/mol. The quantitative estimate of drug-likeness (QED) is 0.626. The van der Waals surface area contributed by atoms with Crippen molar-refractivity contribution < 1.29 is 13.9 Å². The number of hydrogen-bond donors (Lipinski definition) is 0. The fourth-order valence-electron chi connectivity index (χ4n) is 3.71. The van der Waals surface area contributed by atoms with Crippen molar-refractivity contribution in [1.82, 2.24) is 4.98 Å². The van der Waals surface area contributed by atoms with Gasteiger partial charge in [0.2, 0.25) is 0 Å². The predicted octanol–water partition coefficient (Wildman–Crippen LogP) is 3.31. The van der Waals surface area contributed by atoms with Crippen molar-refractivity contribution in [2.24, 2.45) is 23.7 Å². The number of carbonyl (C=O) groups is 1. The highest BCUT2D eigenvalue weighted by atomic mass is 35.5. The average Bonchev–Trinajstić information content (AvgIpc) is 2.90. The molecule has 4 nitrogen and oxygen atoms in total. The first kappa shape index (κ1) is 16.2. The van der Waals surface area contributed by atoms with Crippen molar-refractivity contribution >= 4 is 23.4 Å². The van der Waals surface area contributed by atoms with Gasteiger partial charge in [-0.05, 0) is 30.7 Å². The number of halogens is 2. The van der Waals surface area contributed by atoms with Crippen LogP contribution < -0.4 is 4.90 Å². The van der Waals surface area contributed by atoms with Crippen LogP contribution in [0.15, 0.2) is 24.4 Å². The maximum atomic E-state index is 14.1. The molecule has 1 saturated heterocycles. The minimum absolute atomic E-state index is 0.117. The Morgan fingerprint density at radius 2 is 2.26 bits per heavy atom. The molecule has 2 aliphatic rings. The van der Waals surface area contributed by atoms with Crippen LogP contribution in [0.2, 0.25) is 5.02 Å². The van der Waals surface area contributed by atoms with E-state index in [4.69, 9.17) is 16.3 Å². The van der Waals surface area contributed by atoms with Crippen LogP contribution in [0, 0.1) is 29.5 Å². The van der Waals surface area contributed by atoms with Crippen molar-refractivity contribution in [3.63, 3.8) is 0 Å². The summed E-state index contributed by atoms with van der Waals surface area (Å²) in [5.41, 5.74) is 0. The Hall–Kier alpha value is -1.62. The molecule has 0 bridgehead atoms. The molecule has 1 fully saturated rings. The molecule has 0 aromatic carbocycles. The SMILES string of the molecule is CCOC(=O)[C@@H]1[C@H]2CN(c3ncc(Cl)cc3F)C[C@@H]2C=C[C@@H]1C. The normalized spacial score (nSPS) is 29.5. The van der Waals surface area contributed by atoms with Crippen molar-refractivity contribution in [3.8, 4) is 0 Å². The van der Waals surface area contributed by atoms with Gasteiger partial charge >= 0.3 is 5.97 Å². The zero-order chi connectivity index (χ0) is 16.6. The van der Waals surface area contributed by atoms with Crippen LogP contribution in [0.5, 0.6) is 0 Å². The van der Waals surface area contributed by atoms with Gasteiger partial charge in [0.15, 0.2) is 11.6 Å². The number of hydrogen-bond acceptors (Lipinski definition) is 4. The molecule has 0 saturated carbocycles. The summed E-state index contributed by atoms with van der Waals surface area (Å²) in [5.74, 6) is -0.0361. The number of allylic oxidation sites excluding steroid dienone is 1. The van der Waals surface area contributed by atoms with Crippen LogP contribution >= 0.6 is 11.6 Å². The largest absolute Gasteiger partial charge is 0.466 e. The molecule has 0 radical (unpaired) electrons. The highest BCUT2D eigenvalue weighted by molar-refractivity contribution is 6.30. The maximum absolute atomic E-state index is 14.1. The van der Waals surface area contributed by atoms with Crippen LogP contribution in [0.1, 0.15) is 13.8 Å². The Morgan fingerprint density at radius 3 is 2.96 bits per heavy atom. The lowest BCUT2D eigenvalue weighted by Gasteiger charge is -2.31. The van der Waals surface area contributed by atoms with Crippen LogP contribution in [-0.2, 0) is 9.53 Å². The zero-order valence-corrected chi connectivity index (χ0v) is 14.0. The predicted molar refractivity (Wildman–Crippen MR) is 86.8 cm³/mol. The molecule has 2 heterocycles. The summed E-state index contributed by atoms with van der Waals surface area (Å²) in [6.45, 7) is 5.45. The second kappa shape index (κ2) is 6.48. The highest BCUT2D eigenvalue weighted by Gasteiger charge is 2.45. The van der Waals surface area contributed by atoms with E-state index in [1.165, 1.54) is 12.3 Å². The van der Waals surface area contributed by atoms with Crippen LogP contribution in [-0.4, -0.2) is 30.6 Å². The van der Waals surface area contributed by atoms with Crippen molar-refractivity contribution in [2.45, 2.75) is 13.8 Å². The Labute approximate surface area is 140 Å². The van der Waals surface area contributed by atoms with Gasteiger partial charge in [0, 0.05) is 19.3 Å². The van der Waals surface area contributed by atoms with E-state index in [1.807, 2.05) is 18.7 Å². The fraction of sp³-hybridized carbons (Fsp3) is 0.529. The lowest BCUT2D eigenvalue weighted by molar-refractivity contribution is -0.151. The minimum Gasteiger partial charge on any atom is -0.466 e. The van der Waals surface area contributed by atoms with Crippen molar-refractivity contribution in [3.05, 3.63) is 35.3 Å². The Kier molecular flexibility index (Phi) is 4.57. The van der Waals surface area contributed by atoms with Gasteiger partial charge in [-0.1, -0.05) is 30.7 Å². The molecule has 1 aliphatic carbocycles. The highest BCUT2D eigenvalue weighted by Crippen LogP contribution is 2.41. The molecule has 3 rings (SSSR count). The summed E-state index contributed by atoms with van der Waals surface area (Å²) in [4.78, 5) is 18.3. The number of ether oxygens (including phenoxy) is 1. The molecule has 0 unspecified atom stereocenters. The van der Waals surface area contributed by atoms with Gasteiger partial charge in [0.05, 0.1) is 17.5 Å². The number of aromatic nitrogens is 1. The zero-order valence-electron chi connectivity index (χ0n) is 13.2. The molecule has 6 heteroatoms. The van der Waals surface area contributed by atoms with Crippen LogP contribution in [0.3, 0.4) is 0 Å². The maximum Gasteiger partial charge on any atom is 0.309 e. The van der Waals surface area contributed by atoms with Gasteiger partial charge < -0.3 is 9.64 Å². The van der Waals surface area contributed by atoms with E-state index in [2.05, 4.69) is 17.1 Å². The molecule has 4 atom stereocenters. The lowest BCUT2D eigenvalue weighted by Crippen LogP contribution is -2.37. The van der Waals surface area contributed by atoms with Gasteiger partial charge in [-0.25, -0.2) is 9.37 Å². The first-order chi connectivity index (χ1) is 11.0. The van der Waals surface area contributed by atoms with E-state index in [-0.39, 0.29) is 34.7 Å². The Bertz CT molecular complexity index is 637. The second-order valence-electron chi connectivity index (χ2n) is 6.21. The molecule has 1 aliphatic heterocycles. The molecular weight excluding hydrogens is 319 g/mol.